The topological polar surface area (TPSA) is 169 Å². The predicted octanol–water partition coefficient (Wildman–Crippen LogP) is 1.04. The van der Waals surface area contributed by atoms with Gasteiger partial charge in [0.1, 0.15) is 19.0 Å². The second-order valence-electron chi connectivity index (χ2n) is 6.11. The standard InChI is InChI=1S/C19H24N4O7/c1-27-13-8-11(7-12-10-22-19(21)23-18(12)20)9-14(28-2)17(13)30-6-5-29-16(26)4-3-15(24)25/h8-10H,3-7H2,1-2H3,(H,24,25)(H4,20,21,22,23). The van der Waals surface area contributed by atoms with Crippen molar-refractivity contribution in [3.63, 3.8) is 0 Å². The van der Waals surface area contributed by atoms with Gasteiger partial charge in [-0.15, -0.1) is 0 Å². The van der Waals surface area contributed by atoms with Crippen LogP contribution >= 0.6 is 0 Å². The van der Waals surface area contributed by atoms with Crippen LogP contribution in [0.4, 0.5) is 11.8 Å². The van der Waals surface area contributed by atoms with E-state index in [2.05, 4.69) is 9.97 Å². The number of carbonyl (C=O) groups is 2. The summed E-state index contributed by atoms with van der Waals surface area (Å²) in [5.74, 6) is -0.132. The summed E-state index contributed by atoms with van der Waals surface area (Å²) in [6.45, 7) is -0.0184. The maximum absolute atomic E-state index is 11.5. The molecule has 0 saturated carbocycles. The second-order valence-corrected chi connectivity index (χ2v) is 6.11. The van der Waals surface area contributed by atoms with Crippen molar-refractivity contribution in [2.24, 2.45) is 0 Å². The maximum atomic E-state index is 11.5. The minimum atomic E-state index is -1.06. The summed E-state index contributed by atoms with van der Waals surface area (Å²) in [6.07, 6.45) is 1.49. The van der Waals surface area contributed by atoms with Crippen molar-refractivity contribution in [1.29, 1.82) is 0 Å². The van der Waals surface area contributed by atoms with Gasteiger partial charge in [-0.05, 0) is 17.7 Å². The van der Waals surface area contributed by atoms with Crippen LogP contribution in [0, 0.1) is 0 Å². The van der Waals surface area contributed by atoms with E-state index in [1.165, 1.54) is 14.2 Å². The molecule has 0 aliphatic carbocycles. The number of aliphatic carboxylic acids is 1. The van der Waals surface area contributed by atoms with Gasteiger partial charge in [0, 0.05) is 18.2 Å². The molecule has 1 aromatic heterocycles. The zero-order valence-corrected chi connectivity index (χ0v) is 16.7. The smallest absolute Gasteiger partial charge is 0.306 e. The number of nitrogen functional groups attached to an aromatic ring is 2. The Labute approximate surface area is 172 Å². The van der Waals surface area contributed by atoms with Gasteiger partial charge in [0.2, 0.25) is 11.7 Å². The Balaban J connectivity index is 2.05. The predicted molar refractivity (Wildman–Crippen MR) is 107 cm³/mol. The highest BCUT2D eigenvalue weighted by Crippen LogP contribution is 2.39. The number of nitrogens with zero attached hydrogens (tertiary/aromatic N) is 2. The normalized spacial score (nSPS) is 10.3. The third kappa shape index (κ3) is 6.40. The number of carbonyl (C=O) groups excluding carboxylic acids is 1. The molecule has 2 aromatic rings. The van der Waals surface area contributed by atoms with Gasteiger partial charge in [0.15, 0.2) is 11.5 Å². The van der Waals surface area contributed by atoms with Crippen LogP contribution in [0.15, 0.2) is 18.3 Å². The van der Waals surface area contributed by atoms with Crippen molar-refractivity contribution in [3.8, 4) is 17.2 Å². The highest BCUT2D eigenvalue weighted by molar-refractivity contribution is 5.76. The number of carboxylic acids is 1. The van der Waals surface area contributed by atoms with E-state index in [0.29, 0.717) is 29.2 Å². The summed E-state index contributed by atoms with van der Waals surface area (Å²) in [5.41, 5.74) is 12.9. The zero-order chi connectivity index (χ0) is 22.1. The van der Waals surface area contributed by atoms with Crippen molar-refractivity contribution in [2.45, 2.75) is 19.3 Å². The first-order chi connectivity index (χ1) is 14.3. The number of methoxy groups -OCH3 is 2. The summed E-state index contributed by atoms with van der Waals surface area (Å²) in [4.78, 5) is 29.8. The molecule has 0 spiro atoms. The van der Waals surface area contributed by atoms with Gasteiger partial charge in [-0.25, -0.2) is 4.98 Å². The molecule has 1 heterocycles. The summed E-state index contributed by atoms with van der Waals surface area (Å²) >= 11 is 0. The van der Waals surface area contributed by atoms with Crippen LogP contribution in [0.2, 0.25) is 0 Å². The van der Waals surface area contributed by atoms with E-state index >= 15 is 0 Å². The minimum absolute atomic E-state index is 0.0314. The van der Waals surface area contributed by atoms with Gasteiger partial charge in [0.25, 0.3) is 0 Å². The van der Waals surface area contributed by atoms with Crippen molar-refractivity contribution < 1.29 is 33.6 Å². The van der Waals surface area contributed by atoms with E-state index < -0.39 is 11.9 Å². The number of benzene rings is 1. The van der Waals surface area contributed by atoms with Crippen LogP contribution in [-0.4, -0.2) is 54.4 Å². The number of hydrogen-bond donors (Lipinski definition) is 3. The molecule has 0 saturated heterocycles. The van der Waals surface area contributed by atoms with Gasteiger partial charge in [-0.2, -0.15) is 4.98 Å². The van der Waals surface area contributed by atoms with Crippen molar-refractivity contribution in [1.82, 2.24) is 9.97 Å². The molecule has 0 radical (unpaired) electrons. The van der Waals surface area contributed by atoms with Gasteiger partial charge in [-0.1, -0.05) is 0 Å². The van der Waals surface area contributed by atoms with Crippen LogP contribution in [0.3, 0.4) is 0 Å². The lowest BCUT2D eigenvalue weighted by Crippen LogP contribution is -2.14. The Bertz CT molecular complexity index is 879. The van der Waals surface area contributed by atoms with Gasteiger partial charge in [0.05, 0.1) is 27.1 Å². The first-order valence-electron chi connectivity index (χ1n) is 8.96. The highest BCUT2D eigenvalue weighted by atomic mass is 16.6. The molecule has 0 aliphatic rings. The minimum Gasteiger partial charge on any atom is -0.493 e. The Morgan fingerprint density at radius 3 is 2.30 bits per heavy atom. The second kappa shape index (κ2) is 10.7. The number of nitrogens with two attached hydrogens (primary N) is 2. The first kappa shape index (κ1) is 22.5. The highest BCUT2D eigenvalue weighted by Gasteiger charge is 2.16. The van der Waals surface area contributed by atoms with E-state index in [1.807, 2.05) is 0 Å². The van der Waals surface area contributed by atoms with Gasteiger partial charge in [-0.3, -0.25) is 9.59 Å². The molecular weight excluding hydrogens is 396 g/mol. The number of anilines is 2. The lowest BCUT2D eigenvalue weighted by Gasteiger charge is -2.16. The fourth-order valence-electron chi connectivity index (χ4n) is 2.55. The Morgan fingerprint density at radius 1 is 1.07 bits per heavy atom. The molecule has 0 unspecified atom stereocenters. The molecule has 0 fully saturated rings. The average molecular weight is 420 g/mol. The summed E-state index contributed by atoms with van der Waals surface area (Å²) < 4.78 is 21.4. The summed E-state index contributed by atoms with van der Waals surface area (Å²) in [6, 6.07) is 3.51. The molecule has 0 bridgehead atoms. The molecule has 30 heavy (non-hydrogen) atoms. The number of aromatic nitrogens is 2. The number of hydrogen-bond acceptors (Lipinski definition) is 10. The lowest BCUT2D eigenvalue weighted by atomic mass is 10.1. The Morgan fingerprint density at radius 2 is 1.73 bits per heavy atom. The lowest BCUT2D eigenvalue weighted by molar-refractivity contribution is -0.148. The molecule has 1 aromatic carbocycles. The van der Waals surface area contributed by atoms with E-state index in [0.717, 1.165) is 5.56 Å². The molecule has 0 amide bonds. The quantitative estimate of drug-likeness (QED) is 0.350. The van der Waals surface area contributed by atoms with Crippen LogP contribution in [0.25, 0.3) is 0 Å². The van der Waals surface area contributed by atoms with E-state index in [-0.39, 0.29) is 37.8 Å². The number of esters is 1. The van der Waals surface area contributed by atoms with E-state index in [9.17, 15) is 9.59 Å². The number of ether oxygens (including phenoxy) is 4. The van der Waals surface area contributed by atoms with Gasteiger partial charge >= 0.3 is 11.9 Å². The molecule has 5 N–H and O–H groups in total. The van der Waals surface area contributed by atoms with Crippen molar-refractivity contribution in [2.75, 3.05) is 38.9 Å². The van der Waals surface area contributed by atoms with Crippen LogP contribution in [0.5, 0.6) is 17.2 Å². The zero-order valence-electron chi connectivity index (χ0n) is 16.7. The van der Waals surface area contributed by atoms with E-state index in [4.69, 9.17) is 35.5 Å². The SMILES string of the molecule is COc1cc(Cc2cnc(N)nc2N)cc(OC)c1OCCOC(=O)CCC(=O)O. The van der Waals surface area contributed by atoms with Crippen molar-refractivity contribution in [3.05, 3.63) is 29.5 Å². The average Bonchev–Trinajstić information content (AvgIpc) is 2.71. The fraction of sp³-hybridized carbons (Fsp3) is 0.368. The fourth-order valence-corrected chi connectivity index (χ4v) is 2.55. The molecule has 0 atom stereocenters. The van der Waals surface area contributed by atoms with Crippen molar-refractivity contribution >= 4 is 23.7 Å². The third-order valence-corrected chi connectivity index (χ3v) is 3.97. The summed E-state index contributed by atoms with van der Waals surface area (Å²) in [5, 5.41) is 8.56. The monoisotopic (exact) mass is 420 g/mol. The van der Waals surface area contributed by atoms with Crippen LogP contribution < -0.4 is 25.7 Å². The number of carboxylic acid groups (broad SMARTS) is 1. The molecule has 11 heteroatoms. The molecule has 0 aliphatic heterocycles. The Hall–Kier alpha value is -3.76. The van der Waals surface area contributed by atoms with Gasteiger partial charge < -0.3 is 35.5 Å². The first-order valence-corrected chi connectivity index (χ1v) is 8.96. The molecule has 2 rings (SSSR count). The van der Waals surface area contributed by atoms with Crippen LogP contribution in [-0.2, 0) is 20.7 Å². The third-order valence-electron chi connectivity index (χ3n) is 3.97. The van der Waals surface area contributed by atoms with E-state index in [1.54, 1.807) is 18.3 Å². The largest absolute Gasteiger partial charge is 0.493 e. The molecular formula is C19H24N4O7. The summed E-state index contributed by atoms with van der Waals surface area (Å²) in [7, 11) is 2.97. The van der Waals surface area contributed by atoms with Crippen LogP contribution in [0.1, 0.15) is 24.0 Å². The molecule has 11 nitrogen and oxygen atoms in total. The molecule has 162 valence electrons. The number of rotatable bonds is 11. The Kier molecular flexibility index (Phi) is 8.03. The maximum Gasteiger partial charge on any atom is 0.306 e.